The number of aryl methyl sites for hydroxylation is 1. The van der Waals surface area contributed by atoms with Gasteiger partial charge >= 0.3 is 0 Å². The zero-order valence-corrected chi connectivity index (χ0v) is 10.6. The van der Waals surface area contributed by atoms with Crippen molar-refractivity contribution in [2.24, 2.45) is 0 Å². The molecule has 1 aliphatic rings. The van der Waals surface area contributed by atoms with Crippen molar-refractivity contribution in [2.45, 2.75) is 12.8 Å². The van der Waals surface area contributed by atoms with Crippen molar-refractivity contribution in [3.8, 4) is 11.6 Å². The Labute approximate surface area is 114 Å². The normalized spacial score (nSPS) is 13.6. The van der Waals surface area contributed by atoms with Gasteiger partial charge in [-0.2, -0.15) is 4.98 Å². The van der Waals surface area contributed by atoms with Crippen LogP contribution < -0.4 is 10.1 Å². The second kappa shape index (κ2) is 4.85. The summed E-state index contributed by atoms with van der Waals surface area (Å²) >= 11 is 5.69. The molecule has 0 unspecified atom stereocenters. The molecule has 3 rings (SSSR count). The number of hydrogen-bond donors (Lipinski definition) is 1. The fraction of sp³-hybridized carbons (Fsp3) is 0.154. The van der Waals surface area contributed by atoms with E-state index in [1.165, 1.54) is 6.20 Å². The molecule has 2 aromatic rings. The van der Waals surface area contributed by atoms with E-state index in [4.69, 9.17) is 16.3 Å². The van der Waals surface area contributed by atoms with Gasteiger partial charge in [-0.3, -0.25) is 4.79 Å². The molecule has 1 amide bonds. The van der Waals surface area contributed by atoms with Crippen LogP contribution in [0.15, 0.2) is 30.5 Å². The molecule has 0 saturated carbocycles. The van der Waals surface area contributed by atoms with Crippen molar-refractivity contribution < 1.29 is 9.53 Å². The van der Waals surface area contributed by atoms with Crippen molar-refractivity contribution in [3.63, 3.8) is 0 Å². The zero-order chi connectivity index (χ0) is 13.2. The molecule has 0 fully saturated rings. The lowest BCUT2D eigenvalue weighted by molar-refractivity contribution is -0.116. The van der Waals surface area contributed by atoms with Gasteiger partial charge in [0.25, 0.3) is 0 Å². The first-order valence-corrected chi connectivity index (χ1v) is 6.18. The second-order valence-corrected chi connectivity index (χ2v) is 4.47. The molecule has 96 valence electrons. The van der Waals surface area contributed by atoms with E-state index in [0.717, 1.165) is 11.3 Å². The van der Waals surface area contributed by atoms with Crippen LogP contribution in [0.4, 0.5) is 5.69 Å². The Morgan fingerprint density at radius 1 is 1.26 bits per heavy atom. The van der Waals surface area contributed by atoms with Gasteiger partial charge in [0.2, 0.25) is 17.1 Å². The van der Waals surface area contributed by atoms with Gasteiger partial charge < -0.3 is 10.1 Å². The van der Waals surface area contributed by atoms with Gasteiger partial charge in [0.1, 0.15) is 5.75 Å². The molecule has 0 atom stereocenters. The molecule has 1 N–H and O–H groups in total. The molecular weight excluding hydrogens is 266 g/mol. The number of nitrogens with zero attached hydrogens (tertiary/aromatic N) is 2. The summed E-state index contributed by atoms with van der Waals surface area (Å²) in [6.45, 7) is 0. The minimum absolute atomic E-state index is 0.0451. The summed E-state index contributed by atoms with van der Waals surface area (Å²) < 4.78 is 5.60. The lowest BCUT2D eigenvalue weighted by atomic mass is 10.0. The van der Waals surface area contributed by atoms with E-state index in [1.54, 1.807) is 12.1 Å². The van der Waals surface area contributed by atoms with Gasteiger partial charge in [-0.25, -0.2) is 4.98 Å². The Bertz CT molecular complexity index is 646. The summed E-state index contributed by atoms with van der Waals surface area (Å²) in [6, 6.07) is 7.13. The lowest BCUT2D eigenvalue weighted by Gasteiger charge is -2.17. The van der Waals surface area contributed by atoms with Gasteiger partial charge in [-0.05, 0) is 41.8 Å². The summed E-state index contributed by atoms with van der Waals surface area (Å²) in [7, 11) is 0. The second-order valence-electron chi connectivity index (χ2n) is 4.13. The largest absolute Gasteiger partial charge is 0.439 e. The third-order valence-electron chi connectivity index (χ3n) is 2.80. The van der Waals surface area contributed by atoms with Gasteiger partial charge in [0.15, 0.2) is 0 Å². The predicted molar refractivity (Wildman–Crippen MR) is 70.5 cm³/mol. The van der Waals surface area contributed by atoms with Crippen molar-refractivity contribution in [1.29, 1.82) is 0 Å². The molecule has 1 aromatic carbocycles. The highest BCUT2D eigenvalue weighted by molar-refractivity contribution is 6.28. The quantitative estimate of drug-likeness (QED) is 0.856. The summed E-state index contributed by atoms with van der Waals surface area (Å²) in [5.74, 6) is 1.09. The first-order chi connectivity index (χ1) is 9.20. The fourth-order valence-corrected chi connectivity index (χ4v) is 2.06. The van der Waals surface area contributed by atoms with Crippen LogP contribution in [0.2, 0.25) is 5.28 Å². The third kappa shape index (κ3) is 2.66. The minimum Gasteiger partial charge on any atom is -0.439 e. The molecule has 0 aliphatic carbocycles. The van der Waals surface area contributed by atoms with Crippen LogP contribution in [-0.2, 0) is 11.2 Å². The molecule has 0 saturated heterocycles. The van der Waals surface area contributed by atoms with E-state index in [1.807, 2.05) is 12.1 Å². The zero-order valence-electron chi connectivity index (χ0n) is 9.89. The van der Waals surface area contributed by atoms with Crippen LogP contribution in [0.5, 0.6) is 11.6 Å². The molecule has 19 heavy (non-hydrogen) atoms. The standard InChI is InChI=1S/C13H10ClN3O2/c14-13-15-6-5-12(17-13)19-9-2-3-10-8(7-9)1-4-11(18)16-10/h2-3,5-7H,1,4H2,(H,16,18). The summed E-state index contributed by atoms with van der Waals surface area (Å²) in [6.07, 6.45) is 2.74. The number of aromatic nitrogens is 2. The molecule has 0 spiro atoms. The number of rotatable bonds is 2. The van der Waals surface area contributed by atoms with Crippen molar-refractivity contribution in [1.82, 2.24) is 9.97 Å². The van der Waals surface area contributed by atoms with Gasteiger partial charge in [0, 0.05) is 24.4 Å². The monoisotopic (exact) mass is 275 g/mol. The average molecular weight is 276 g/mol. The molecule has 0 bridgehead atoms. The number of amides is 1. The van der Waals surface area contributed by atoms with Crippen LogP contribution in [0.25, 0.3) is 0 Å². The summed E-state index contributed by atoms with van der Waals surface area (Å²) in [5, 5.41) is 2.96. The number of carbonyl (C=O) groups excluding carboxylic acids is 1. The van der Waals surface area contributed by atoms with E-state index in [0.29, 0.717) is 24.5 Å². The maximum atomic E-state index is 11.3. The summed E-state index contributed by atoms with van der Waals surface area (Å²) in [4.78, 5) is 19.0. The van der Waals surface area contributed by atoms with Crippen molar-refractivity contribution in [3.05, 3.63) is 41.3 Å². The van der Waals surface area contributed by atoms with E-state index >= 15 is 0 Å². The molecule has 0 radical (unpaired) electrons. The molecule has 6 heteroatoms. The summed E-state index contributed by atoms with van der Waals surface area (Å²) in [5.41, 5.74) is 1.89. The fourth-order valence-electron chi connectivity index (χ4n) is 1.92. The first kappa shape index (κ1) is 11.9. The van der Waals surface area contributed by atoms with Gasteiger partial charge in [-0.1, -0.05) is 0 Å². The Morgan fingerprint density at radius 3 is 3.00 bits per heavy atom. The Hall–Kier alpha value is -2.14. The number of hydrogen-bond acceptors (Lipinski definition) is 4. The lowest BCUT2D eigenvalue weighted by Crippen LogP contribution is -2.18. The van der Waals surface area contributed by atoms with Crippen LogP contribution in [0.3, 0.4) is 0 Å². The molecule has 1 aliphatic heterocycles. The Balaban J connectivity index is 1.85. The number of ether oxygens (including phenoxy) is 1. The highest BCUT2D eigenvalue weighted by Crippen LogP contribution is 2.29. The van der Waals surface area contributed by atoms with Crippen LogP contribution in [0, 0.1) is 0 Å². The van der Waals surface area contributed by atoms with Crippen LogP contribution in [0.1, 0.15) is 12.0 Å². The van der Waals surface area contributed by atoms with E-state index < -0.39 is 0 Å². The van der Waals surface area contributed by atoms with E-state index in [-0.39, 0.29) is 11.2 Å². The number of fused-ring (bicyclic) bond motifs is 1. The van der Waals surface area contributed by atoms with E-state index in [9.17, 15) is 4.79 Å². The third-order valence-corrected chi connectivity index (χ3v) is 2.98. The average Bonchev–Trinajstić information content (AvgIpc) is 2.39. The highest BCUT2D eigenvalue weighted by atomic mass is 35.5. The molecule has 1 aromatic heterocycles. The predicted octanol–water partition coefficient (Wildman–Crippen LogP) is 2.81. The number of nitrogens with one attached hydrogen (secondary N) is 1. The van der Waals surface area contributed by atoms with Crippen LogP contribution in [-0.4, -0.2) is 15.9 Å². The first-order valence-electron chi connectivity index (χ1n) is 5.80. The Kier molecular flexibility index (Phi) is 3.05. The van der Waals surface area contributed by atoms with Crippen molar-refractivity contribution in [2.75, 3.05) is 5.32 Å². The molecule has 5 nitrogen and oxygen atoms in total. The highest BCUT2D eigenvalue weighted by Gasteiger charge is 2.15. The number of halogens is 1. The SMILES string of the molecule is O=C1CCc2cc(Oc3ccnc(Cl)n3)ccc2N1. The topological polar surface area (TPSA) is 64.1 Å². The van der Waals surface area contributed by atoms with Crippen molar-refractivity contribution >= 4 is 23.2 Å². The number of carbonyl (C=O) groups is 1. The minimum atomic E-state index is 0.0451. The number of anilines is 1. The maximum Gasteiger partial charge on any atom is 0.225 e. The molecular formula is C13H10ClN3O2. The smallest absolute Gasteiger partial charge is 0.225 e. The number of benzene rings is 1. The van der Waals surface area contributed by atoms with E-state index in [2.05, 4.69) is 15.3 Å². The maximum absolute atomic E-state index is 11.3. The van der Waals surface area contributed by atoms with Gasteiger partial charge in [-0.15, -0.1) is 0 Å². The van der Waals surface area contributed by atoms with Gasteiger partial charge in [0.05, 0.1) is 0 Å². The Morgan fingerprint density at radius 2 is 2.16 bits per heavy atom. The molecule has 2 heterocycles. The van der Waals surface area contributed by atoms with Crippen LogP contribution >= 0.6 is 11.6 Å².